The van der Waals surface area contributed by atoms with E-state index in [1.54, 1.807) is 30.3 Å². The van der Waals surface area contributed by atoms with Crippen LogP contribution >= 0.6 is 11.6 Å². The molecule has 2 heterocycles. The first-order valence-electron chi connectivity index (χ1n) is 8.64. The Bertz CT molecular complexity index is 1220. The zero-order valence-electron chi connectivity index (χ0n) is 15.4. The molecule has 1 aliphatic rings. The number of aromatic nitrogens is 1. The lowest BCUT2D eigenvalue weighted by atomic mass is 10.1. The first kappa shape index (κ1) is 19.2. The summed E-state index contributed by atoms with van der Waals surface area (Å²) in [5.41, 5.74) is 9.14. The maximum Gasteiger partial charge on any atom is 0.261 e. The number of aliphatic imine (C=N–C) groups is 1. The monoisotopic (exact) mass is 428 g/mol. The number of nitrogens with one attached hydrogen (secondary N) is 1. The highest BCUT2D eigenvalue weighted by molar-refractivity contribution is 7.92. The number of hydrogen-bond donors (Lipinski definition) is 2. The predicted octanol–water partition coefficient (Wildman–Crippen LogP) is 3.43. The SMILES string of the molecule is COc1ccc(S(=O)(=O)Nc2ccc(-c3ccc4c(n3)C(N)=NC4)c(Cl)c2)cc1. The molecule has 4 rings (SSSR count). The minimum Gasteiger partial charge on any atom is -0.497 e. The highest BCUT2D eigenvalue weighted by Crippen LogP contribution is 2.31. The third-order valence-corrected chi connectivity index (χ3v) is 6.22. The summed E-state index contributed by atoms with van der Waals surface area (Å²) in [5.74, 6) is 0.978. The molecule has 2 aromatic carbocycles. The molecule has 29 heavy (non-hydrogen) atoms. The van der Waals surface area contributed by atoms with E-state index in [1.807, 2.05) is 12.1 Å². The Morgan fingerprint density at radius 1 is 1.10 bits per heavy atom. The zero-order valence-corrected chi connectivity index (χ0v) is 17.0. The van der Waals surface area contributed by atoms with E-state index in [0.29, 0.717) is 45.8 Å². The van der Waals surface area contributed by atoms with Gasteiger partial charge in [-0.05, 0) is 48.5 Å². The van der Waals surface area contributed by atoms with Crippen LogP contribution in [0, 0.1) is 0 Å². The number of methoxy groups -OCH3 is 1. The lowest BCUT2D eigenvalue weighted by molar-refractivity contribution is 0.414. The number of nitrogens with two attached hydrogens (primary N) is 1. The van der Waals surface area contributed by atoms with E-state index in [-0.39, 0.29) is 4.90 Å². The number of ether oxygens (including phenoxy) is 1. The summed E-state index contributed by atoms with van der Waals surface area (Å²) < 4.78 is 32.8. The minimum absolute atomic E-state index is 0.119. The summed E-state index contributed by atoms with van der Waals surface area (Å²) in [6.07, 6.45) is 0. The maximum atomic E-state index is 12.6. The third-order valence-electron chi connectivity index (χ3n) is 4.51. The molecule has 7 nitrogen and oxygen atoms in total. The van der Waals surface area contributed by atoms with Crippen LogP contribution in [0.3, 0.4) is 0 Å². The fraction of sp³-hybridized carbons (Fsp3) is 0.100. The van der Waals surface area contributed by atoms with Crippen molar-refractivity contribution in [2.75, 3.05) is 11.8 Å². The van der Waals surface area contributed by atoms with E-state index in [2.05, 4.69) is 14.7 Å². The van der Waals surface area contributed by atoms with Crippen molar-refractivity contribution in [2.45, 2.75) is 11.4 Å². The smallest absolute Gasteiger partial charge is 0.261 e. The van der Waals surface area contributed by atoms with Gasteiger partial charge in [-0.1, -0.05) is 17.7 Å². The number of hydrogen-bond acceptors (Lipinski definition) is 6. The van der Waals surface area contributed by atoms with Crippen molar-refractivity contribution in [2.24, 2.45) is 10.7 Å². The number of amidine groups is 1. The van der Waals surface area contributed by atoms with E-state index in [9.17, 15) is 8.42 Å². The Hall–Kier alpha value is -3.10. The first-order valence-corrected chi connectivity index (χ1v) is 10.5. The maximum absolute atomic E-state index is 12.6. The van der Waals surface area contributed by atoms with Crippen molar-refractivity contribution in [3.8, 4) is 17.0 Å². The molecule has 0 atom stereocenters. The number of halogens is 1. The number of benzene rings is 2. The minimum atomic E-state index is -3.76. The Morgan fingerprint density at radius 3 is 2.55 bits per heavy atom. The Morgan fingerprint density at radius 2 is 1.86 bits per heavy atom. The molecule has 148 valence electrons. The predicted molar refractivity (Wildman–Crippen MR) is 113 cm³/mol. The van der Waals surface area contributed by atoms with Crippen molar-refractivity contribution < 1.29 is 13.2 Å². The quantitative estimate of drug-likeness (QED) is 0.647. The summed E-state index contributed by atoms with van der Waals surface area (Å²) in [6.45, 7) is 0.522. The molecule has 0 aliphatic carbocycles. The van der Waals surface area contributed by atoms with Crippen molar-refractivity contribution in [1.82, 2.24) is 4.98 Å². The van der Waals surface area contributed by atoms with Gasteiger partial charge in [0.05, 0.1) is 35.0 Å². The largest absolute Gasteiger partial charge is 0.497 e. The van der Waals surface area contributed by atoms with Crippen molar-refractivity contribution in [3.05, 3.63) is 70.9 Å². The van der Waals surface area contributed by atoms with Gasteiger partial charge in [0.1, 0.15) is 17.3 Å². The molecule has 1 aliphatic heterocycles. The van der Waals surface area contributed by atoms with E-state index in [4.69, 9.17) is 22.1 Å². The van der Waals surface area contributed by atoms with Gasteiger partial charge in [0, 0.05) is 11.1 Å². The second kappa shape index (κ2) is 7.38. The topological polar surface area (TPSA) is 107 Å². The Balaban J connectivity index is 1.60. The van der Waals surface area contributed by atoms with Gasteiger partial charge in [-0.25, -0.2) is 13.4 Å². The van der Waals surface area contributed by atoms with Crippen LogP contribution < -0.4 is 15.2 Å². The molecule has 9 heteroatoms. The standard InChI is InChI=1S/C20H17ClN4O3S/c1-28-14-4-6-15(7-5-14)29(26,27)25-13-3-8-16(17(21)10-13)18-9-2-12-11-23-20(22)19(12)24-18/h2-10,25H,11H2,1H3,(H2,22,23). The molecule has 0 fully saturated rings. The molecule has 0 spiro atoms. The molecule has 0 unspecified atom stereocenters. The number of pyridine rings is 1. The van der Waals surface area contributed by atoms with Crippen LogP contribution in [-0.2, 0) is 16.6 Å². The molecule has 0 saturated carbocycles. The van der Waals surface area contributed by atoms with Crippen molar-refractivity contribution in [3.63, 3.8) is 0 Å². The number of fused-ring (bicyclic) bond motifs is 1. The molecule has 3 aromatic rings. The fourth-order valence-corrected chi connectivity index (χ4v) is 4.31. The van der Waals surface area contributed by atoms with Crippen molar-refractivity contribution in [1.29, 1.82) is 0 Å². The highest BCUT2D eigenvalue weighted by atomic mass is 35.5. The summed E-state index contributed by atoms with van der Waals surface area (Å²) in [5, 5.41) is 0.362. The van der Waals surface area contributed by atoms with Gasteiger partial charge in [-0.3, -0.25) is 9.71 Å². The third kappa shape index (κ3) is 3.76. The summed E-state index contributed by atoms with van der Waals surface area (Å²) in [7, 11) is -2.24. The van der Waals surface area contributed by atoms with Crippen LogP contribution in [0.1, 0.15) is 11.3 Å². The van der Waals surface area contributed by atoms with E-state index < -0.39 is 10.0 Å². The van der Waals surface area contributed by atoms with Gasteiger partial charge in [-0.2, -0.15) is 0 Å². The highest BCUT2D eigenvalue weighted by Gasteiger charge is 2.18. The van der Waals surface area contributed by atoms with Crippen LogP contribution in [0.2, 0.25) is 5.02 Å². The van der Waals surface area contributed by atoms with Crippen LogP contribution in [-0.4, -0.2) is 26.3 Å². The molecule has 0 saturated heterocycles. The molecule has 0 amide bonds. The fourth-order valence-electron chi connectivity index (χ4n) is 2.99. The molecular weight excluding hydrogens is 412 g/mol. The molecule has 3 N–H and O–H groups in total. The van der Waals surface area contributed by atoms with Crippen LogP contribution in [0.4, 0.5) is 5.69 Å². The molecular formula is C20H17ClN4O3S. The van der Waals surface area contributed by atoms with Crippen LogP contribution in [0.5, 0.6) is 5.75 Å². The lowest BCUT2D eigenvalue weighted by Gasteiger charge is -2.11. The summed E-state index contributed by atoms with van der Waals surface area (Å²) >= 11 is 6.41. The van der Waals surface area contributed by atoms with Crippen molar-refractivity contribution >= 4 is 33.1 Å². The summed E-state index contributed by atoms with van der Waals surface area (Å²) in [6, 6.07) is 14.8. The second-order valence-electron chi connectivity index (χ2n) is 6.38. The van der Waals surface area contributed by atoms with E-state index in [1.165, 1.54) is 19.2 Å². The number of anilines is 1. The van der Waals surface area contributed by atoms with Gasteiger partial charge in [0.25, 0.3) is 10.0 Å². The normalized spacial score (nSPS) is 13.0. The van der Waals surface area contributed by atoms with Crippen LogP contribution in [0.15, 0.2) is 64.5 Å². The van der Waals surface area contributed by atoms with Crippen LogP contribution in [0.25, 0.3) is 11.3 Å². The van der Waals surface area contributed by atoms with Gasteiger partial charge in [0.15, 0.2) is 0 Å². The average Bonchev–Trinajstić information content (AvgIpc) is 3.08. The first-order chi connectivity index (χ1) is 13.9. The van der Waals surface area contributed by atoms with Gasteiger partial charge in [-0.15, -0.1) is 0 Å². The number of sulfonamides is 1. The second-order valence-corrected chi connectivity index (χ2v) is 8.47. The van der Waals surface area contributed by atoms with E-state index >= 15 is 0 Å². The number of nitrogens with zero attached hydrogens (tertiary/aromatic N) is 2. The Labute approximate surface area is 173 Å². The molecule has 1 aromatic heterocycles. The van der Waals surface area contributed by atoms with Gasteiger partial charge < -0.3 is 10.5 Å². The van der Waals surface area contributed by atoms with Gasteiger partial charge in [0.2, 0.25) is 0 Å². The van der Waals surface area contributed by atoms with Gasteiger partial charge >= 0.3 is 0 Å². The van der Waals surface area contributed by atoms with E-state index in [0.717, 1.165) is 5.56 Å². The molecule has 0 bridgehead atoms. The zero-order chi connectivity index (χ0) is 20.6. The summed E-state index contributed by atoms with van der Waals surface area (Å²) in [4.78, 5) is 8.83. The Kier molecular flexibility index (Phi) is 4.89. The molecule has 0 radical (unpaired) electrons. The average molecular weight is 429 g/mol. The number of rotatable bonds is 5. The lowest BCUT2D eigenvalue weighted by Crippen LogP contribution is -2.13.